The van der Waals surface area contributed by atoms with Crippen LogP contribution in [0.2, 0.25) is 23.3 Å². The summed E-state index contributed by atoms with van der Waals surface area (Å²) < 4.78 is 12.9. The molecule has 3 rings (SSSR count). The SMILES string of the molecule is CC(C)(C)OC(=O)N1C(Cc2ccc(C(N)=O)cc2)CCC1C(O[Si](C)(C)C(C)(C)C)c1ccc(Cl)nc1. The number of nitrogens with zero attached hydrogens (tertiary/aromatic N) is 2. The molecule has 1 aromatic heterocycles. The minimum atomic E-state index is -2.24. The standard InChI is InChI=1S/C29H42ClN3O4Si/c1-28(2,3)36-27(35)33-22(17-19-9-11-20(12-10-19)26(31)34)14-15-23(33)25(21-13-16-24(30)32-18-21)37-38(7,8)29(4,5)6/h9-13,16,18,22-23,25H,14-15,17H2,1-8H3,(H2,31,34). The molecule has 1 aliphatic heterocycles. The highest BCUT2D eigenvalue weighted by molar-refractivity contribution is 6.74. The first-order chi connectivity index (χ1) is 17.5. The van der Waals surface area contributed by atoms with E-state index >= 15 is 0 Å². The number of nitrogens with two attached hydrogens (primary N) is 1. The summed E-state index contributed by atoms with van der Waals surface area (Å²) in [6.07, 6.45) is 3.19. The van der Waals surface area contributed by atoms with Crippen molar-refractivity contribution in [2.75, 3.05) is 0 Å². The molecule has 1 aliphatic rings. The molecule has 3 unspecified atom stereocenters. The van der Waals surface area contributed by atoms with Crippen molar-refractivity contribution < 1.29 is 18.8 Å². The molecule has 0 spiro atoms. The third-order valence-corrected chi connectivity index (χ3v) is 12.2. The summed E-state index contributed by atoms with van der Waals surface area (Å²) in [7, 11) is -2.24. The Labute approximate surface area is 233 Å². The van der Waals surface area contributed by atoms with Gasteiger partial charge in [0.05, 0.1) is 12.1 Å². The number of primary amides is 1. The number of hydrogen-bond acceptors (Lipinski definition) is 5. The molecule has 2 N–H and O–H groups in total. The molecule has 0 radical (unpaired) electrons. The van der Waals surface area contributed by atoms with Crippen LogP contribution < -0.4 is 5.73 Å². The Hall–Kier alpha value is -2.42. The van der Waals surface area contributed by atoms with E-state index in [1.165, 1.54) is 0 Å². The number of ether oxygens (including phenoxy) is 1. The lowest BCUT2D eigenvalue weighted by Crippen LogP contribution is -2.50. The molecule has 2 amide bonds. The van der Waals surface area contributed by atoms with Gasteiger partial charge in [0, 0.05) is 23.4 Å². The number of carbonyl (C=O) groups is 2. The van der Waals surface area contributed by atoms with Crippen LogP contribution >= 0.6 is 11.6 Å². The highest BCUT2D eigenvalue weighted by atomic mass is 35.5. The number of benzene rings is 1. The molecule has 1 fully saturated rings. The van der Waals surface area contributed by atoms with Crippen molar-refractivity contribution in [3.05, 3.63) is 64.4 Å². The van der Waals surface area contributed by atoms with Gasteiger partial charge in [-0.25, -0.2) is 9.78 Å². The Bertz CT molecular complexity index is 1120. The quantitative estimate of drug-likeness (QED) is 0.294. The van der Waals surface area contributed by atoms with Gasteiger partial charge in [0.25, 0.3) is 0 Å². The summed E-state index contributed by atoms with van der Waals surface area (Å²) >= 11 is 6.12. The zero-order valence-corrected chi connectivity index (χ0v) is 25.6. The van der Waals surface area contributed by atoms with Crippen molar-refractivity contribution in [3.63, 3.8) is 0 Å². The number of hydrogen-bond donors (Lipinski definition) is 1. The fraction of sp³-hybridized carbons (Fsp3) is 0.552. The fourth-order valence-corrected chi connectivity index (χ4v) is 5.90. The van der Waals surface area contributed by atoms with Crippen LogP contribution in [0.4, 0.5) is 4.79 Å². The fourth-order valence-electron chi connectivity index (χ4n) is 4.50. The summed E-state index contributed by atoms with van der Waals surface area (Å²) in [5.41, 5.74) is 7.14. The van der Waals surface area contributed by atoms with Gasteiger partial charge in [-0.05, 0) is 81.9 Å². The van der Waals surface area contributed by atoms with E-state index in [9.17, 15) is 9.59 Å². The predicted octanol–water partition coefficient (Wildman–Crippen LogP) is 6.91. The molecular formula is C29H42ClN3O4Si. The third kappa shape index (κ3) is 7.36. The summed E-state index contributed by atoms with van der Waals surface area (Å²) in [5.74, 6) is -0.463. The molecule has 1 aromatic carbocycles. The van der Waals surface area contributed by atoms with Gasteiger partial charge in [-0.1, -0.05) is 50.6 Å². The predicted molar refractivity (Wildman–Crippen MR) is 154 cm³/mol. The van der Waals surface area contributed by atoms with Crippen LogP contribution in [0.15, 0.2) is 42.6 Å². The molecule has 0 saturated carbocycles. The maximum atomic E-state index is 13.7. The number of pyridine rings is 1. The lowest BCUT2D eigenvalue weighted by molar-refractivity contribution is -0.00244. The number of amides is 2. The number of aromatic nitrogens is 1. The average Bonchev–Trinajstić information content (AvgIpc) is 3.20. The van der Waals surface area contributed by atoms with E-state index in [-0.39, 0.29) is 29.3 Å². The maximum Gasteiger partial charge on any atom is 0.410 e. The number of carbonyl (C=O) groups excluding carboxylic acids is 2. The number of rotatable bonds is 7. The van der Waals surface area contributed by atoms with Gasteiger partial charge < -0.3 is 14.9 Å². The second-order valence-corrected chi connectivity index (χ2v) is 17.8. The van der Waals surface area contributed by atoms with Gasteiger partial charge in [0.15, 0.2) is 8.32 Å². The van der Waals surface area contributed by atoms with E-state index in [0.29, 0.717) is 17.1 Å². The minimum Gasteiger partial charge on any atom is -0.444 e. The number of halogens is 1. The molecule has 3 atom stereocenters. The summed E-state index contributed by atoms with van der Waals surface area (Å²) in [4.78, 5) is 31.5. The second-order valence-electron chi connectivity index (χ2n) is 12.7. The van der Waals surface area contributed by atoms with Crippen LogP contribution in [0, 0.1) is 0 Å². The first-order valence-corrected chi connectivity index (χ1v) is 16.5. The molecule has 0 aliphatic carbocycles. The van der Waals surface area contributed by atoms with Crippen molar-refractivity contribution in [1.82, 2.24) is 9.88 Å². The van der Waals surface area contributed by atoms with Crippen molar-refractivity contribution >= 4 is 31.9 Å². The van der Waals surface area contributed by atoms with Gasteiger partial charge in [-0.2, -0.15) is 0 Å². The molecule has 1 saturated heterocycles. The van der Waals surface area contributed by atoms with Gasteiger partial charge in [0.1, 0.15) is 10.8 Å². The molecule has 7 nitrogen and oxygen atoms in total. The summed E-state index contributed by atoms with van der Waals surface area (Å²) in [6, 6.07) is 10.6. The lowest BCUT2D eigenvalue weighted by Gasteiger charge is -2.43. The molecule has 2 heterocycles. The van der Waals surface area contributed by atoms with Crippen LogP contribution in [-0.2, 0) is 15.6 Å². The Morgan fingerprint density at radius 1 is 1.08 bits per heavy atom. The van der Waals surface area contributed by atoms with Crippen LogP contribution in [0.25, 0.3) is 0 Å². The largest absolute Gasteiger partial charge is 0.444 e. The average molecular weight is 560 g/mol. The maximum absolute atomic E-state index is 13.7. The molecule has 208 valence electrons. The zero-order chi connectivity index (χ0) is 28.5. The van der Waals surface area contributed by atoms with Crippen molar-refractivity contribution in [1.29, 1.82) is 0 Å². The van der Waals surface area contributed by atoms with E-state index in [2.05, 4.69) is 38.8 Å². The first-order valence-electron chi connectivity index (χ1n) is 13.2. The Balaban J connectivity index is 2.01. The van der Waals surface area contributed by atoms with E-state index in [1.807, 2.05) is 43.9 Å². The van der Waals surface area contributed by atoms with Gasteiger partial charge in [0.2, 0.25) is 5.91 Å². The molecule has 9 heteroatoms. The van der Waals surface area contributed by atoms with Crippen LogP contribution in [0.1, 0.15) is 82.0 Å². The first kappa shape index (κ1) is 30.1. The molecule has 0 bridgehead atoms. The monoisotopic (exact) mass is 559 g/mol. The molecular weight excluding hydrogens is 518 g/mol. The highest BCUT2D eigenvalue weighted by Crippen LogP contribution is 2.44. The number of likely N-dealkylation sites (tertiary alicyclic amines) is 1. The smallest absolute Gasteiger partial charge is 0.410 e. The topological polar surface area (TPSA) is 94.8 Å². The van der Waals surface area contributed by atoms with Gasteiger partial charge >= 0.3 is 6.09 Å². The minimum absolute atomic E-state index is 0.0258. The van der Waals surface area contributed by atoms with Crippen molar-refractivity contribution in [3.8, 4) is 0 Å². The van der Waals surface area contributed by atoms with E-state index in [0.717, 1.165) is 24.0 Å². The van der Waals surface area contributed by atoms with Gasteiger partial charge in [-0.15, -0.1) is 0 Å². The Kier molecular flexibility index (Phi) is 9.01. The van der Waals surface area contributed by atoms with Crippen LogP contribution in [-0.4, -0.2) is 47.9 Å². The van der Waals surface area contributed by atoms with Crippen LogP contribution in [0.3, 0.4) is 0 Å². The van der Waals surface area contributed by atoms with Crippen molar-refractivity contribution in [2.24, 2.45) is 5.73 Å². The highest BCUT2D eigenvalue weighted by Gasteiger charge is 2.47. The van der Waals surface area contributed by atoms with E-state index < -0.39 is 19.8 Å². The zero-order valence-electron chi connectivity index (χ0n) is 23.9. The van der Waals surface area contributed by atoms with Gasteiger partial charge in [-0.3, -0.25) is 9.69 Å². The normalized spacial score (nSPS) is 19.3. The van der Waals surface area contributed by atoms with E-state index in [1.54, 1.807) is 24.4 Å². The molecule has 38 heavy (non-hydrogen) atoms. The lowest BCUT2D eigenvalue weighted by atomic mass is 10.0. The summed E-state index contributed by atoms with van der Waals surface area (Å²) in [5, 5.41) is 0.384. The van der Waals surface area contributed by atoms with E-state index in [4.69, 9.17) is 26.5 Å². The Morgan fingerprint density at radius 2 is 1.71 bits per heavy atom. The van der Waals surface area contributed by atoms with Crippen LogP contribution in [0.5, 0.6) is 0 Å². The molecule has 2 aromatic rings. The second kappa shape index (κ2) is 11.4. The third-order valence-electron chi connectivity index (χ3n) is 7.52. The summed E-state index contributed by atoms with van der Waals surface area (Å²) in [6.45, 7) is 16.7. The Morgan fingerprint density at radius 3 is 2.21 bits per heavy atom. The van der Waals surface area contributed by atoms with Crippen molar-refractivity contribution in [2.45, 2.75) is 103 Å².